The van der Waals surface area contributed by atoms with Crippen molar-refractivity contribution in [3.63, 3.8) is 0 Å². The number of hydrogen-bond acceptors (Lipinski definition) is 3. The topological polar surface area (TPSA) is 71.2 Å². The van der Waals surface area contributed by atoms with E-state index in [4.69, 9.17) is 16.3 Å². The van der Waals surface area contributed by atoms with Crippen molar-refractivity contribution in [1.29, 1.82) is 0 Å². The van der Waals surface area contributed by atoms with Gasteiger partial charge in [-0.2, -0.15) is 0 Å². The van der Waals surface area contributed by atoms with Crippen LogP contribution in [0.5, 0.6) is 5.75 Å². The van der Waals surface area contributed by atoms with Gasteiger partial charge in [-0.1, -0.05) is 11.6 Å². The molecule has 1 heterocycles. The van der Waals surface area contributed by atoms with Gasteiger partial charge in [0.1, 0.15) is 11.4 Å². The maximum atomic E-state index is 12.8. The third kappa shape index (κ3) is 2.98. The zero-order valence-corrected chi connectivity index (χ0v) is 13.9. The average Bonchev–Trinajstić information content (AvgIpc) is 2.91. The Morgan fingerprint density at radius 1 is 1.12 bits per heavy atom. The van der Waals surface area contributed by atoms with Crippen LogP contribution in [0.25, 0.3) is 10.9 Å². The Hall–Kier alpha value is -2.79. The second-order valence-electron chi connectivity index (χ2n) is 5.30. The van der Waals surface area contributed by atoms with Crippen molar-refractivity contribution < 1.29 is 14.3 Å². The predicted molar refractivity (Wildman–Crippen MR) is 94.0 cm³/mol. The second-order valence-corrected chi connectivity index (χ2v) is 5.74. The van der Waals surface area contributed by atoms with Crippen LogP contribution in [0.1, 0.15) is 23.0 Å². The lowest BCUT2D eigenvalue weighted by Crippen LogP contribution is -2.11. The number of nitrogens with one attached hydrogen (secondary N) is 2. The van der Waals surface area contributed by atoms with Crippen LogP contribution in [-0.2, 0) is 4.79 Å². The average molecular weight is 343 g/mol. The minimum absolute atomic E-state index is 0.228. The van der Waals surface area contributed by atoms with Crippen LogP contribution >= 0.6 is 11.6 Å². The van der Waals surface area contributed by atoms with Crippen molar-refractivity contribution in [3.8, 4) is 5.75 Å². The zero-order chi connectivity index (χ0) is 17.3. The molecule has 0 aliphatic rings. The number of halogens is 1. The lowest BCUT2D eigenvalue weighted by Gasteiger charge is -2.06. The van der Waals surface area contributed by atoms with Gasteiger partial charge in [0.25, 0.3) is 0 Å². The van der Waals surface area contributed by atoms with Gasteiger partial charge >= 0.3 is 0 Å². The van der Waals surface area contributed by atoms with Crippen molar-refractivity contribution in [3.05, 3.63) is 58.7 Å². The molecule has 3 rings (SSSR count). The van der Waals surface area contributed by atoms with Gasteiger partial charge < -0.3 is 15.0 Å². The summed E-state index contributed by atoms with van der Waals surface area (Å²) in [5, 5.41) is 4.00. The highest BCUT2D eigenvalue weighted by molar-refractivity contribution is 6.31. The molecule has 122 valence electrons. The summed E-state index contributed by atoms with van der Waals surface area (Å²) in [6.45, 7) is 1.40. The number of carbonyl (C=O) groups excluding carboxylic acids is 2. The molecule has 2 aromatic carbocycles. The van der Waals surface area contributed by atoms with E-state index in [1.165, 1.54) is 6.92 Å². The zero-order valence-electron chi connectivity index (χ0n) is 13.1. The van der Waals surface area contributed by atoms with Crippen molar-refractivity contribution in [2.75, 3.05) is 12.4 Å². The normalized spacial score (nSPS) is 10.6. The van der Waals surface area contributed by atoms with Crippen LogP contribution in [0.15, 0.2) is 42.5 Å². The molecule has 2 N–H and O–H groups in total. The molecular weight excluding hydrogens is 328 g/mol. The molecule has 0 radical (unpaired) electrons. The summed E-state index contributed by atoms with van der Waals surface area (Å²) in [7, 11) is 1.56. The Morgan fingerprint density at radius 2 is 1.83 bits per heavy atom. The standard InChI is InChI=1S/C18H15ClN2O3/c1-10(22)20-16-14-8-5-12(19)9-15(14)21-17(16)18(23)11-3-6-13(24-2)7-4-11/h3-9,21H,1-2H3,(H,20,22). The van der Waals surface area contributed by atoms with E-state index in [1.807, 2.05) is 0 Å². The molecule has 0 aliphatic heterocycles. The highest BCUT2D eigenvalue weighted by Crippen LogP contribution is 2.31. The highest BCUT2D eigenvalue weighted by Gasteiger charge is 2.20. The summed E-state index contributed by atoms with van der Waals surface area (Å²) in [6, 6.07) is 12.0. The Balaban J connectivity index is 2.12. The quantitative estimate of drug-likeness (QED) is 0.703. The number of H-pyrrole nitrogens is 1. The molecule has 3 aromatic rings. The van der Waals surface area contributed by atoms with E-state index in [2.05, 4.69) is 10.3 Å². The summed E-state index contributed by atoms with van der Waals surface area (Å²) < 4.78 is 5.10. The fraction of sp³-hybridized carbons (Fsp3) is 0.111. The first-order valence-corrected chi connectivity index (χ1v) is 7.65. The third-order valence-corrected chi connectivity index (χ3v) is 3.88. The number of rotatable bonds is 4. The number of benzene rings is 2. The maximum Gasteiger partial charge on any atom is 0.221 e. The molecule has 5 nitrogen and oxygen atoms in total. The molecular formula is C18H15ClN2O3. The highest BCUT2D eigenvalue weighted by atomic mass is 35.5. The Morgan fingerprint density at radius 3 is 2.46 bits per heavy atom. The van der Waals surface area contributed by atoms with Crippen molar-refractivity contribution >= 4 is 39.9 Å². The number of amides is 1. The molecule has 0 bridgehead atoms. The van der Waals surface area contributed by atoms with E-state index in [0.717, 1.165) is 5.39 Å². The first-order chi connectivity index (χ1) is 11.5. The lowest BCUT2D eigenvalue weighted by atomic mass is 10.1. The molecule has 0 unspecified atom stereocenters. The second kappa shape index (κ2) is 6.37. The number of fused-ring (bicyclic) bond motifs is 1. The minimum Gasteiger partial charge on any atom is -0.497 e. The van der Waals surface area contributed by atoms with Gasteiger partial charge in [0.05, 0.1) is 12.8 Å². The molecule has 0 saturated heterocycles. The van der Waals surface area contributed by atoms with Crippen LogP contribution < -0.4 is 10.1 Å². The molecule has 24 heavy (non-hydrogen) atoms. The van der Waals surface area contributed by atoms with Gasteiger partial charge in [-0.3, -0.25) is 9.59 Å². The number of methoxy groups -OCH3 is 1. The molecule has 0 fully saturated rings. The monoisotopic (exact) mass is 342 g/mol. The number of aromatic nitrogens is 1. The first-order valence-electron chi connectivity index (χ1n) is 7.27. The van der Waals surface area contributed by atoms with E-state index in [9.17, 15) is 9.59 Å². The van der Waals surface area contributed by atoms with Crippen LogP contribution in [-0.4, -0.2) is 23.8 Å². The molecule has 1 aromatic heterocycles. The van der Waals surface area contributed by atoms with E-state index < -0.39 is 0 Å². The summed E-state index contributed by atoms with van der Waals surface area (Å²) in [4.78, 5) is 27.4. The summed E-state index contributed by atoms with van der Waals surface area (Å²) in [6.07, 6.45) is 0. The van der Waals surface area contributed by atoms with Gasteiger partial charge in [-0.25, -0.2) is 0 Å². The van der Waals surface area contributed by atoms with Crippen LogP contribution in [0.2, 0.25) is 5.02 Å². The van der Waals surface area contributed by atoms with Gasteiger partial charge in [0.2, 0.25) is 11.7 Å². The molecule has 0 spiro atoms. The number of anilines is 1. The Kier molecular flexibility index (Phi) is 4.27. The van der Waals surface area contributed by atoms with Crippen LogP contribution in [0, 0.1) is 0 Å². The van der Waals surface area contributed by atoms with Crippen molar-refractivity contribution in [2.45, 2.75) is 6.92 Å². The molecule has 0 saturated carbocycles. The smallest absolute Gasteiger partial charge is 0.221 e. The fourth-order valence-electron chi connectivity index (χ4n) is 2.53. The van der Waals surface area contributed by atoms with E-state index >= 15 is 0 Å². The van der Waals surface area contributed by atoms with Gasteiger partial charge in [-0.05, 0) is 42.5 Å². The largest absolute Gasteiger partial charge is 0.497 e. The molecule has 0 aliphatic carbocycles. The van der Waals surface area contributed by atoms with E-state index in [1.54, 1.807) is 49.6 Å². The summed E-state index contributed by atoms with van der Waals surface area (Å²) in [5.41, 5.74) is 1.94. The number of hydrogen-bond donors (Lipinski definition) is 2. The number of ether oxygens (including phenoxy) is 1. The van der Waals surface area contributed by atoms with Crippen LogP contribution in [0.3, 0.4) is 0 Å². The van der Waals surface area contributed by atoms with Gasteiger partial charge in [0, 0.05) is 28.4 Å². The number of aromatic amines is 1. The van der Waals surface area contributed by atoms with Crippen molar-refractivity contribution in [1.82, 2.24) is 4.98 Å². The van der Waals surface area contributed by atoms with E-state index in [-0.39, 0.29) is 11.7 Å². The number of ketones is 1. The molecule has 0 atom stereocenters. The van der Waals surface area contributed by atoms with Gasteiger partial charge in [-0.15, -0.1) is 0 Å². The fourth-order valence-corrected chi connectivity index (χ4v) is 2.70. The van der Waals surface area contributed by atoms with E-state index in [0.29, 0.717) is 33.2 Å². The Labute approximate surface area is 143 Å². The number of carbonyl (C=O) groups is 2. The maximum absolute atomic E-state index is 12.8. The first kappa shape index (κ1) is 16.1. The summed E-state index contributed by atoms with van der Waals surface area (Å²) >= 11 is 6.01. The molecule has 1 amide bonds. The van der Waals surface area contributed by atoms with Gasteiger partial charge in [0.15, 0.2) is 0 Å². The lowest BCUT2D eigenvalue weighted by molar-refractivity contribution is -0.114. The minimum atomic E-state index is -0.255. The Bertz CT molecular complexity index is 929. The predicted octanol–water partition coefficient (Wildman–Crippen LogP) is 4.02. The van der Waals surface area contributed by atoms with Crippen molar-refractivity contribution in [2.24, 2.45) is 0 Å². The summed E-state index contributed by atoms with van der Waals surface area (Å²) in [5.74, 6) is 0.181. The third-order valence-electron chi connectivity index (χ3n) is 3.64. The van der Waals surface area contributed by atoms with Crippen LogP contribution in [0.4, 0.5) is 5.69 Å². The molecule has 6 heteroatoms. The SMILES string of the molecule is COc1ccc(C(=O)c2[nH]c3cc(Cl)ccc3c2NC(C)=O)cc1.